The van der Waals surface area contributed by atoms with E-state index >= 15 is 0 Å². The summed E-state index contributed by atoms with van der Waals surface area (Å²) in [5, 5.41) is 0. The van der Waals surface area contributed by atoms with Crippen LogP contribution in [0.5, 0.6) is 0 Å². The van der Waals surface area contributed by atoms with Crippen molar-refractivity contribution in [1.29, 1.82) is 0 Å². The first-order valence-corrected chi connectivity index (χ1v) is 11.9. The van der Waals surface area contributed by atoms with E-state index in [1.165, 1.54) is 16.4 Å². The monoisotopic (exact) mass is 446 g/mol. The Labute approximate surface area is 182 Å². The van der Waals surface area contributed by atoms with Crippen LogP contribution in [0.3, 0.4) is 0 Å². The van der Waals surface area contributed by atoms with Crippen LogP contribution >= 0.6 is 0 Å². The van der Waals surface area contributed by atoms with Crippen LogP contribution in [0.4, 0.5) is 4.39 Å². The Hall–Kier alpha value is -2.58. The summed E-state index contributed by atoms with van der Waals surface area (Å²) in [4.78, 5) is 26.6. The van der Waals surface area contributed by atoms with E-state index in [0.29, 0.717) is 18.5 Å². The molecule has 0 aliphatic carbocycles. The topological polar surface area (TPSA) is 74.8 Å². The molecule has 0 N–H and O–H groups in total. The second kappa shape index (κ2) is 10.2. The number of hydrogen-bond acceptors (Lipinski definition) is 4. The van der Waals surface area contributed by atoms with Gasteiger partial charge in [-0.25, -0.2) is 12.8 Å². The van der Waals surface area contributed by atoms with Gasteiger partial charge in [0.05, 0.1) is 4.90 Å². The molecule has 0 radical (unpaired) electrons. The minimum Gasteiger partial charge on any atom is -0.341 e. The standard InChI is InChI=1S/C23H27FN2O4S/c1-2-18-4-6-19(7-5-18)22(27)12-13-23(28)25-14-3-15-26(17-16-25)31(29,30)21-10-8-20(24)9-11-21/h4-11H,2-3,12-17H2,1H3. The van der Waals surface area contributed by atoms with E-state index in [-0.39, 0.29) is 49.1 Å². The van der Waals surface area contributed by atoms with Gasteiger partial charge in [-0.15, -0.1) is 0 Å². The number of amides is 1. The number of benzene rings is 2. The highest BCUT2D eigenvalue weighted by atomic mass is 32.2. The van der Waals surface area contributed by atoms with Gasteiger partial charge < -0.3 is 4.90 Å². The van der Waals surface area contributed by atoms with Gasteiger partial charge in [-0.3, -0.25) is 9.59 Å². The Morgan fingerprint density at radius 1 is 0.903 bits per heavy atom. The summed E-state index contributed by atoms with van der Waals surface area (Å²) in [6.45, 7) is 3.19. The lowest BCUT2D eigenvalue weighted by Gasteiger charge is -2.22. The number of aryl methyl sites for hydroxylation is 1. The smallest absolute Gasteiger partial charge is 0.243 e. The SMILES string of the molecule is CCc1ccc(C(=O)CCC(=O)N2CCCN(S(=O)(=O)c3ccc(F)cc3)CC2)cc1. The summed E-state index contributed by atoms with van der Waals surface area (Å²) in [6, 6.07) is 12.1. The summed E-state index contributed by atoms with van der Waals surface area (Å²) in [5.41, 5.74) is 1.75. The van der Waals surface area contributed by atoms with Gasteiger partial charge in [0.1, 0.15) is 5.82 Å². The minimum atomic E-state index is -3.74. The van der Waals surface area contributed by atoms with E-state index in [1.54, 1.807) is 17.0 Å². The van der Waals surface area contributed by atoms with Crippen molar-refractivity contribution in [1.82, 2.24) is 9.21 Å². The highest BCUT2D eigenvalue weighted by molar-refractivity contribution is 7.89. The Balaban J connectivity index is 1.55. The van der Waals surface area contributed by atoms with Crippen LogP contribution in [0.25, 0.3) is 0 Å². The van der Waals surface area contributed by atoms with Crippen molar-refractivity contribution in [2.24, 2.45) is 0 Å². The first-order valence-electron chi connectivity index (χ1n) is 10.5. The molecule has 0 bridgehead atoms. The van der Waals surface area contributed by atoms with Crippen LogP contribution in [0.15, 0.2) is 53.4 Å². The van der Waals surface area contributed by atoms with Gasteiger partial charge in [-0.2, -0.15) is 4.31 Å². The van der Waals surface area contributed by atoms with E-state index in [1.807, 2.05) is 19.1 Å². The van der Waals surface area contributed by atoms with Gasteiger partial charge in [0.2, 0.25) is 15.9 Å². The van der Waals surface area contributed by atoms with Gasteiger partial charge in [0.25, 0.3) is 0 Å². The second-order valence-corrected chi connectivity index (χ2v) is 9.50. The van der Waals surface area contributed by atoms with Crippen LogP contribution in [-0.2, 0) is 21.2 Å². The van der Waals surface area contributed by atoms with Gasteiger partial charge in [-0.1, -0.05) is 31.2 Å². The summed E-state index contributed by atoms with van der Waals surface area (Å²) >= 11 is 0. The fourth-order valence-electron chi connectivity index (χ4n) is 3.59. The lowest BCUT2D eigenvalue weighted by Crippen LogP contribution is -2.37. The molecule has 1 aliphatic rings. The number of rotatable bonds is 7. The molecule has 1 heterocycles. The molecule has 0 aromatic heterocycles. The third-order valence-electron chi connectivity index (χ3n) is 5.51. The van der Waals surface area contributed by atoms with Crippen molar-refractivity contribution in [3.05, 3.63) is 65.5 Å². The van der Waals surface area contributed by atoms with Crippen molar-refractivity contribution in [3.63, 3.8) is 0 Å². The van der Waals surface area contributed by atoms with Gasteiger partial charge in [0, 0.05) is 44.6 Å². The fraction of sp³-hybridized carbons (Fsp3) is 0.391. The third kappa shape index (κ3) is 5.77. The van der Waals surface area contributed by atoms with Crippen molar-refractivity contribution in [2.45, 2.75) is 37.5 Å². The van der Waals surface area contributed by atoms with Gasteiger partial charge in [0.15, 0.2) is 5.78 Å². The molecule has 1 saturated heterocycles. The molecule has 1 amide bonds. The molecule has 1 aliphatic heterocycles. The maximum absolute atomic E-state index is 13.1. The predicted octanol–water partition coefficient (Wildman–Crippen LogP) is 3.27. The van der Waals surface area contributed by atoms with Gasteiger partial charge >= 0.3 is 0 Å². The van der Waals surface area contributed by atoms with E-state index in [4.69, 9.17) is 0 Å². The van der Waals surface area contributed by atoms with Crippen molar-refractivity contribution in [2.75, 3.05) is 26.2 Å². The quantitative estimate of drug-likeness (QED) is 0.612. The molecule has 2 aromatic rings. The number of nitrogens with zero attached hydrogens (tertiary/aromatic N) is 2. The number of Topliss-reactive ketones (excluding diaryl/α,β-unsaturated/α-hetero) is 1. The van der Waals surface area contributed by atoms with Crippen LogP contribution in [0.1, 0.15) is 42.1 Å². The van der Waals surface area contributed by atoms with Crippen molar-refractivity contribution in [3.8, 4) is 0 Å². The summed E-state index contributed by atoms with van der Waals surface area (Å²) in [6.07, 6.45) is 1.62. The zero-order valence-corrected chi connectivity index (χ0v) is 18.4. The summed E-state index contributed by atoms with van der Waals surface area (Å²) < 4.78 is 40.0. The molecule has 8 heteroatoms. The average Bonchev–Trinajstić information content (AvgIpc) is 3.04. The molecule has 31 heavy (non-hydrogen) atoms. The molecule has 0 atom stereocenters. The first kappa shape index (κ1) is 23.1. The van der Waals surface area contributed by atoms with Crippen LogP contribution in [0, 0.1) is 5.82 Å². The third-order valence-corrected chi connectivity index (χ3v) is 7.42. The molecule has 2 aromatic carbocycles. The van der Waals surface area contributed by atoms with Crippen LogP contribution < -0.4 is 0 Å². The zero-order chi connectivity index (χ0) is 22.4. The molecule has 166 valence electrons. The number of sulfonamides is 1. The first-order chi connectivity index (χ1) is 14.8. The number of carbonyl (C=O) groups excluding carboxylic acids is 2. The highest BCUT2D eigenvalue weighted by Gasteiger charge is 2.28. The molecule has 1 fully saturated rings. The lowest BCUT2D eigenvalue weighted by molar-refractivity contribution is -0.131. The second-order valence-electron chi connectivity index (χ2n) is 7.57. The summed E-state index contributed by atoms with van der Waals surface area (Å²) in [5.74, 6) is -0.728. The molecule has 0 unspecified atom stereocenters. The van der Waals surface area contributed by atoms with Crippen LogP contribution in [-0.4, -0.2) is 55.5 Å². The fourth-order valence-corrected chi connectivity index (χ4v) is 5.06. The minimum absolute atomic E-state index is 0.0355. The molecule has 3 rings (SSSR count). The Bertz CT molecular complexity index is 1020. The van der Waals surface area contributed by atoms with E-state index in [0.717, 1.165) is 24.1 Å². The Morgan fingerprint density at radius 2 is 1.58 bits per heavy atom. The maximum Gasteiger partial charge on any atom is 0.243 e. The van der Waals surface area contributed by atoms with Crippen molar-refractivity contribution < 1.29 is 22.4 Å². The highest BCUT2D eigenvalue weighted by Crippen LogP contribution is 2.19. The average molecular weight is 447 g/mol. The number of ketones is 1. The molecule has 0 saturated carbocycles. The molecular formula is C23H27FN2O4S. The zero-order valence-electron chi connectivity index (χ0n) is 17.6. The number of halogens is 1. The number of carbonyl (C=O) groups is 2. The van der Waals surface area contributed by atoms with Crippen molar-refractivity contribution >= 4 is 21.7 Å². The van der Waals surface area contributed by atoms with E-state index in [9.17, 15) is 22.4 Å². The Morgan fingerprint density at radius 3 is 2.23 bits per heavy atom. The largest absolute Gasteiger partial charge is 0.341 e. The maximum atomic E-state index is 13.1. The van der Waals surface area contributed by atoms with Crippen LogP contribution in [0.2, 0.25) is 0 Å². The van der Waals surface area contributed by atoms with E-state index in [2.05, 4.69) is 0 Å². The Kier molecular flexibility index (Phi) is 7.56. The normalized spacial score (nSPS) is 15.5. The lowest BCUT2D eigenvalue weighted by atomic mass is 10.0. The summed E-state index contributed by atoms with van der Waals surface area (Å²) in [7, 11) is -3.74. The predicted molar refractivity (Wildman–Crippen MR) is 116 cm³/mol. The molecule has 0 spiro atoms. The van der Waals surface area contributed by atoms with E-state index < -0.39 is 15.8 Å². The number of hydrogen-bond donors (Lipinski definition) is 0. The van der Waals surface area contributed by atoms with Gasteiger partial charge in [-0.05, 0) is 42.7 Å². The molecule has 6 nitrogen and oxygen atoms in total. The molecular weight excluding hydrogens is 419 g/mol.